The van der Waals surface area contributed by atoms with Crippen LogP contribution in [0.25, 0.3) is 0 Å². The predicted octanol–water partition coefficient (Wildman–Crippen LogP) is 3.93. The van der Waals surface area contributed by atoms with Crippen LogP contribution in [0, 0.1) is 11.3 Å². The third-order valence-corrected chi connectivity index (χ3v) is 5.86. The number of anilines is 1. The van der Waals surface area contributed by atoms with Crippen molar-refractivity contribution in [2.45, 2.75) is 19.6 Å². The molecule has 1 aromatic heterocycles. The highest BCUT2D eigenvalue weighted by atomic mass is 32.1. The number of benzene rings is 2. The summed E-state index contributed by atoms with van der Waals surface area (Å²) >= 11 is 1.53. The predicted molar refractivity (Wildman–Crippen MR) is 125 cm³/mol. The number of nitriles is 1. The fourth-order valence-electron chi connectivity index (χ4n) is 3.27. The number of amides is 1. The van der Waals surface area contributed by atoms with Crippen molar-refractivity contribution < 1.29 is 28.5 Å². The molecule has 8 nitrogen and oxygen atoms in total. The Labute approximate surface area is 200 Å². The normalized spacial score (nSPS) is 12.8. The van der Waals surface area contributed by atoms with E-state index in [1.807, 2.05) is 23.6 Å². The quantitative estimate of drug-likeness (QED) is 0.452. The standard InChI is InChI=1S/C25H22N2O6S/c1-17(33-20-7-4-18(14-26)5-8-20)25(29)32-16-24(28)27(15-21-3-2-12-34-21)19-6-9-22-23(13-19)31-11-10-30-22/h2-9,12-13,17H,10-11,15-16H2,1H3. The van der Waals surface area contributed by atoms with Gasteiger partial charge in [0.05, 0.1) is 18.2 Å². The minimum atomic E-state index is -0.930. The van der Waals surface area contributed by atoms with Crippen LogP contribution in [-0.2, 0) is 20.9 Å². The van der Waals surface area contributed by atoms with Crippen molar-refractivity contribution in [2.75, 3.05) is 24.7 Å². The molecule has 1 atom stereocenters. The summed E-state index contributed by atoms with van der Waals surface area (Å²) < 4.78 is 22.0. The Balaban J connectivity index is 1.41. The molecule has 0 fully saturated rings. The molecule has 1 aliphatic rings. The van der Waals surface area contributed by atoms with Gasteiger partial charge in [0, 0.05) is 16.6 Å². The number of esters is 1. The van der Waals surface area contributed by atoms with Crippen LogP contribution >= 0.6 is 11.3 Å². The summed E-state index contributed by atoms with van der Waals surface area (Å²) in [5, 5.41) is 10.8. The summed E-state index contributed by atoms with van der Waals surface area (Å²) in [5.74, 6) is 0.554. The molecule has 1 unspecified atom stereocenters. The Morgan fingerprint density at radius 2 is 1.88 bits per heavy atom. The summed E-state index contributed by atoms with van der Waals surface area (Å²) in [6, 6.07) is 17.5. The number of ether oxygens (including phenoxy) is 4. The first-order valence-corrected chi connectivity index (χ1v) is 11.5. The van der Waals surface area contributed by atoms with Crippen LogP contribution in [0.4, 0.5) is 5.69 Å². The second-order valence-electron chi connectivity index (χ2n) is 7.39. The van der Waals surface area contributed by atoms with Crippen molar-refractivity contribution in [3.05, 3.63) is 70.4 Å². The van der Waals surface area contributed by atoms with E-state index in [1.54, 1.807) is 47.4 Å². The van der Waals surface area contributed by atoms with E-state index >= 15 is 0 Å². The Kier molecular flexibility index (Phi) is 7.30. The van der Waals surface area contributed by atoms with E-state index in [0.29, 0.717) is 48.3 Å². The van der Waals surface area contributed by atoms with Gasteiger partial charge in [-0.3, -0.25) is 4.79 Å². The summed E-state index contributed by atoms with van der Waals surface area (Å²) in [4.78, 5) is 28.1. The van der Waals surface area contributed by atoms with E-state index < -0.39 is 18.7 Å². The summed E-state index contributed by atoms with van der Waals surface area (Å²) in [7, 11) is 0. The summed E-state index contributed by atoms with van der Waals surface area (Å²) in [6.45, 7) is 2.33. The number of carbonyl (C=O) groups excluding carboxylic acids is 2. The molecular formula is C25H22N2O6S. The number of hydrogen-bond donors (Lipinski definition) is 0. The average Bonchev–Trinajstić information content (AvgIpc) is 3.39. The molecule has 0 radical (unpaired) electrons. The zero-order chi connectivity index (χ0) is 23.9. The zero-order valence-corrected chi connectivity index (χ0v) is 19.2. The third kappa shape index (κ3) is 5.66. The lowest BCUT2D eigenvalue weighted by Gasteiger charge is -2.25. The molecule has 3 aromatic rings. The lowest BCUT2D eigenvalue weighted by Crippen LogP contribution is -2.36. The fourth-order valence-corrected chi connectivity index (χ4v) is 3.96. The van der Waals surface area contributed by atoms with Crippen molar-refractivity contribution in [1.82, 2.24) is 0 Å². The number of fused-ring (bicyclic) bond motifs is 1. The maximum Gasteiger partial charge on any atom is 0.347 e. The highest BCUT2D eigenvalue weighted by molar-refractivity contribution is 7.09. The van der Waals surface area contributed by atoms with Gasteiger partial charge in [-0.05, 0) is 54.8 Å². The molecule has 4 rings (SSSR count). The SMILES string of the molecule is CC(Oc1ccc(C#N)cc1)C(=O)OCC(=O)N(Cc1cccs1)c1ccc2c(c1)OCCO2. The lowest BCUT2D eigenvalue weighted by atomic mass is 10.2. The molecule has 1 aliphatic heterocycles. The molecule has 0 aliphatic carbocycles. The molecule has 2 aromatic carbocycles. The third-order valence-electron chi connectivity index (χ3n) is 5.00. The average molecular weight is 479 g/mol. The zero-order valence-electron chi connectivity index (χ0n) is 18.4. The maximum absolute atomic E-state index is 13.1. The van der Waals surface area contributed by atoms with Gasteiger partial charge in [0.15, 0.2) is 24.2 Å². The Morgan fingerprint density at radius 1 is 1.12 bits per heavy atom. The smallest absolute Gasteiger partial charge is 0.347 e. The van der Waals surface area contributed by atoms with E-state index in [2.05, 4.69) is 0 Å². The summed E-state index contributed by atoms with van der Waals surface area (Å²) in [5.41, 5.74) is 1.10. The second-order valence-corrected chi connectivity index (χ2v) is 8.42. The van der Waals surface area contributed by atoms with E-state index in [4.69, 9.17) is 24.2 Å². The van der Waals surface area contributed by atoms with Crippen LogP contribution < -0.4 is 19.1 Å². The van der Waals surface area contributed by atoms with Gasteiger partial charge >= 0.3 is 5.97 Å². The van der Waals surface area contributed by atoms with E-state index in [0.717, 1.165) is 4.88 Å². The van der Waals surface area contributed by atoms with Crippen molar-refractivity contribution >= 4 is 28.9 Å². The number of nitrogens with zero attached hydrogens (tertiary/aromatic N) is 2. The first-order valence-electron chi connectivity index (χ1n) is 10.6. The Hall–Kier alpha value is -4.03. The largest absolute Gasteiger partial charge is 0.486 e. The van der Waals surface area contributed by atoms with Gasteiger partial charge in [-0.25, -0.2) is 4.79 Å². The Bertz CT molecular complexity index is 1190. The molecular weight excluding hydrogens is 456 g/mol. The highest BCUT2D eigenvalue weighted by Gasteiger charge is 2.23. The number of carbonyl (C=O) groups is 2. The topological polar surface area (TPSA) is 98.1 Å². The number of thiophene rings is 1. The molecule has 174 valence electrons. The van der Waals surface area contributed by atoms with Gasteiger partial charge in [0.2, 0.25) is 0 Å². The van der Waals surface area contributed by atoms with Crippen molar-refractivity contribution in [1.29, 1.82) is 5.26 Å². The van der Waals surface area contributed by atoms with Gasteiger partial charge in [0.1, 0.15) is 19.0 Å². The molecule has 0 saturated heterocycles. The summed E-state index contributed by atoms with van der Waals surface area (Å²) in [6.07, 6.45) is -0.930. The minimum absolute atomic E-state index is 0.324. The van der Waals surface area contributed by atoms with E-state index in [1.165, 1.54) is 18.3 Å². The first kappa shape index (κ1) is 23.1. The minimum Gasteiger partial charge on any atom is -0.486 e. The van der Waals surface area contributed by atoms with Crippen molar-refractivity contribution in [2.24, 2.45) is 0 Å². The van der Waals surface area contributed by atoms with Crippen LogP contribution in [0.2, 0.25) is 0 Å². The van der Waals surface area contributed by atoms with Crippen molar-refractivity contribution in [3.8, 4) is 23.3 Å². The molecule has 0 bridgehead atoms. The van der Waals surface area contributed by atoms with Crippen LogP contribution in [0.1, 0.15) is 17.4 Å². The van der Waals surface area contributed by atoms with Crippen LogP contribution in [0.15, 0.2) is 60.0 Å². The second kappa shape index (κ2) is 10.7. The first-order chi connectivity index (χ1) is 16.5. The monoisotopic (exact) mass is 478 g/mol. The van der Waals surface area contributed by atoms with Gasteiger partial charge < -0.3 is 23.8 Å². The van der Waals surface area contributed by atoms with E-state index in [-0.39, 0.29) is 5.91 Å². The fraction of sp³-hybridized carbons (Fsp3) is 0.240. The van der Waals surface area contributed by atoms with Crippen LogP contribution in [-0.4, -0.2) is 37.8 Å². The molecule has 9 heteroatoms. The van der Waals surface area contributed by atoms with Gasteiger partial charge in [-0.2, -0.15) is 5.26 Å². The van der Waals surface area contributed by atoms with Crippen molar-refractivity contribution in [3.63, 3.8) is 0 Å². The van der Waals surface area contributed by atoms with Gasteiger partial charge in [-0.1, -0.05) is 6.07 Å². The lowest BCUT2D eigenvalue weighted by molar-refractivity contribution is -0.154. The molecule has 0 spiro atoms. The highest BCUT2D eigenvalue weighted by Crippen LogP contribution is 2.34. The van der Waals surface area contributed by atoms with Gasteiger partial charge in [-0.15, -0.1) is 11.3 Å². The van der Waals surface area contributed by atoms with E-state index in [9.17, 15) is 9.59 Å². The Morgan fingerprint density at radius 3 is 2.59 bits per heavy atom. The molecule has 2 heterocycles. The molecule has 34 heavy (non-hydrogen) atoms. The molecule has 0 saturated carbocycles. The molecule has 0 N–H and O–H groups in total. The number of rotatable bonds is 8. The van der Waals surface area contributed by atoms with Gasteiger partial charge in [0.25, 0.3) is 5.91 Å². The molecule has 1 amide bonds. The maximum atomic E-state index is 13.1. The van der Waals surface area contributed by atoms with Crippen LogP contribution in [0.3, 0.4) is 0 Å². The van der Waals surface area contributed by atoms with Crippen LogP contribution in [0.5, 0.6) is 17.2 Å². The number of hydrogen-bond acceptors (Lipinski definition) is 8.